The van der Waals surface area contributed by atoms with Gasteiger partial charge in [-0.1, -0.05) is 6.07 Å². The highest BCUT2D eigenvalue weighted by molar-refractivity contribution is 5.92. The van der Waals surface area contributed by atoms with Crippen LogP contribution in [0.15, 0.2) is 41.1 Å². The predicted octanol–water partition coefficient (Wildman–Crippen LogP) is 2.80. The van der Waals surface area contributed by atoms with Crippen LogP contribution in [0.25, 0.3) is 0 Å². The number of carbonyl (C=O) groups excluding carboxylic acids is 1. The first-order valence-corrected chi connectivity index (χ1v) is 8.48. The Balaban J connectivity index is 1.59. The highest BCUT2D eigenvalue weighted by Gasteiger charge is 2.18. The van der Waals surface area contributed by atoms with Crippen molar-refractivity contribution in [2.45, 2.75) is 26.5 Å². The van der Waals surface area contributed by atoms with Crippen molar-refractivity contribution in [1.82, 2.24) is 20.1 Å². The van der Waals surface area contributed by atoms with Gasteiger partial charge in [0.25, 0.3) is 5.91 Å². The molecule has 1 N–H and O–H groups in total. The quantitative estimate of drug-likeness (QED) is 0.688. The zero-order valence-electron chi connectivity index (χ0n) is 15.7. The molecule has 2 heterocycles. The largest absolute Gasteiger partial charge is 0.497 e. The van der Waals surface area contributed by atoms with Crippen LogP contribution in [0, 0.1) is 6.92 Å². The van der Waals surface area contributed by atoms with Crippen LogP contribution in [0.5, 0.6) is 11.5 Å². The third-order valence-corrected chi connectivity index (χ3v) is 4.05. The van der Waals surface area contributed by atoms with Crippen LogP contribution in [0.4, 0.5) is 0 Å². The highest BCUT2D eigenvalue weighted by Crippen LogP contribution is 2.20. The van der Waals surface area contributed by atoms with E-state index in [1.807, 2.05) is 39.2 Å². The Morgan fingerprint density at radius 3 is 2.85 bits per heavy atom. The summed E-state index contributed by atoms with van der Waals surface area (Å²) < 4.78 is 17.8. The van der Waals surface area contributed by atoms with Crippen LogP contribution in [-0.2, 0) is 13.7 Å². The van der Waals surface area contributed by atoms with E-state index in [1.165, 1.54) is 6.26 Å². The molecule has 0 radical (unpaired) electrons. The first-order valence-electron chi connectivity index (χ1n) is 8.48. The fourth-order valence-corrected chi connectivity index (χ4v) is 2.71. The molecular weight excluding hydrogens is 348 g/mol. The summed E-state index contributed by atoms with van der Waals surface area (Å²) in [6, 6.07) is 7.01. The first kappa shape index (κ1) is 18.5. The van der Waals surface area contributed by atoms with E-state index < -0.39 is 0 Å². The molecule has 27 heavy (non-hydrogen) atoms. The second-order valence-electron chi connectivity index (χ2n) is 6.13. The van der Waals surface area contributed by atoms with E-state index in [9.17, 15) is 4.79 Å². The summed E-state index contributed by atoms with van der Waals surface area (Å²) in [5.41, 5.74) is 2.03. The van der Waals surface area contributed by atoms with Crippen LogP contribution in [0.1, 0.15) is 40.6 Å². The Kier molecular flexibility index (Phi) is 5.44. The van der Waals surface area contributed by atoms with E-state index in [0.29, 0.717) is 17.4 Å². The number of methoxy groups -OCH3 is 1. The molecule has 1 aromatic carbocycles. The number of hydrogen-bond acceptors (Lipinski definition) is 6. The molecular formula is C19H22N4O4. The second kappa shape index (κ2) is 7.94. The van der Waals surface area contributed by atoms with E-state index in [4.69, 9.17) is 13.9 Å². The van der Waals surface area contributed by atoms with Gasteiger partial charge in [0.2, 0.25) is 5.89 Å². The molecule has 0 aliphatic carbocycles. The molecule has 3 aromatic rings. The lowest BCUT2D eigenvalue weighted by atomic mass is 10.1. The molecule has 8 nitrogen and oxygen atoms in total. The molecule has 1 atom stereocenters. The van der Waals surface area contributed by atoms with E-state index in [2.05, 4.69) is 15.4 Å². The molecule has 142 valence electrons. The minimum Gasteiger partial charge on any atom is -0.497 e. The third-order valence-electron chi connectivity index (χ3n) is 4.05. The maximum Gasteiger partial charge on any atom is 0.273 e. The highest BCUT2D eigenvalue weighted by atomic mass is 16.5. The smallest absolute Gasteiger partial charge is 0.273 e. The van der Waals surface area contributed by atoms with Gasteiger partial charge in [-0.2, -0.15) is 5.10 Å². The standard InChI is InChI=1S/C19H22N4O4/c1-12(16-9-23(3)22-13(16)2)20-19(24)17-10-27-18(21-17)11-26-15-7-5-6-14(8-15)25-4/h5-10,12H,11H2,1-4H3,(H,20,24)/t12-/m0/s1. The average molecular weight is 370 g/mol. The Morgan fingerprint density at radius 2 is 2.15 bits per heavy atom. The summed E-state index contributed by atoms with van der Waals surface area (Å²) in [6.07, 6.45) is 3.21. The molecule has 3 rings (SSSR count). The SMILES string of the molecule is COc1cccc(OCc2nc(C(=O)N[C@@H](C)c3cn(C)nc3C)co2)c1. The van der Waals surface area contributed by atoms with Crippen molar-refractivity contribution in [3.8, 4) is 11.5 Å². The van der Waals surface area contributed by atoms with Crippen LogP contribution in [0.2, 0.25) is 0 Å². The molecule has 0 spiro atoms. The van der Waals surface area contributed by atoms with Gasteiger partial charge in [0.1, 0.15) is 17.8 Å². The predicted molar refractivity (Wildman–Crippen MR) is 97.7 cm³/mol. The van der Waals surface area contributed by atoms with E-state index >= 15 is 0 Å². The van der Waals surface area contributed by atoms with Gasteiger partial charge in [-0.3, -0.25) is 9.48 Å². The van der Waals surface area contributed by atoms with Crippen LogP contribution in [-0.4, -0.2) is 27.8 Å². The van der Waals surface area contributed by atoms with Crippen LogP contribution < -0.4 is 14.8 Å². The lowest BCUT2D eigenvalue weighted by molar-refractivity contribution is 0.0934. The lowest BCUT2D eigenvalue weighted by Crippen LogP contribution is -2.27. The molecule has 0 bridgehead atoms. The number of amides is 1. The molecule has 0 saturated carbocycles. The monoisotopic (exact) mass is 370 g/mol. The number of nitrogens with one attached hydrogen (secondary N) is 1. The number of nitrogens with zero attached hydrogens (tertiary/aromatic N) is 3. The zero-order chi connectivity index (χ0) is 19.4. The van der Waals surface area contributed by atoms with Gasteiger partial charge in [0.15, 0.2) is 12.3 Å². The topological polar surface area (TPSA) is 91.4 Å². The third kappa shape index (κ3) is 4.46. The number of carbonyl (C=O) groups is 1. The summed E-state index contributed by atoms with van der Waals surface area (Å²) in [4.78, 5) is 16.6. The minimum atomic E-state index is -0.317. The van der Waals surface area contributed by atoms with Crippen molar-refractivity contribution in [1.29, 1.82) is 0 Å². The van der Waals surface area contributed by atoms with Gasteiger partial charge >= 0.3 is 0 Å². The Morgan fingerprint density at radius 1 is 1.37 bits per heavy atom. The molecule has 0 unspecified atom stereocenters. The van der Waals surface area contributed by atoms with Crippen molar-refractivity contribution < 1.29 is 18.7 Å². The number of ether oxygens (including phenoxy) is 2. The van der Waals surface area contributed by atoms with Crippen LogP contribution >= 0.6 is 0 Å². The Labute approximate surface area is 157 Å². The summed E-state index contributed by atoms with van der Waals surface area (Å²) in [5, 5.41) is 7.18. The second-order valence-corrected chi connectivity index (χ2v) is 6.13. The minimum absolute atomic E-state index is 0.109. The van der Waals surface area contributed by atoms with E-state index in [0.717, 1.165) is 11.3 Å². The molecule has 1 amide bonds. The lowest BCUT2D eigenvalue weighted by Gasteiger charge is -2.11. The fourth-order valence-electron chi connectivity index (χ4n) is 2.71. The Hall–Kier alpha value is -3.29. The number of aromatic nitrogens is 3. The number of rotatable bonds is 7. The summed E-state index contributed by atoms with van der Waals surface area (Å²) in [7, 11) is 3.43. The molecule has 0 saturated heterocycles. The molecule has 2 aromatic heterocycles. The molecule has 0 fully saturated rings. The van der Waals surface area contributed by atoms with Gasteiger partial charge in [-0.15, -0.1) is 0 Å². The number of aryl methyl sites for hydroxylation is 2. The normalized spacial score (nSPS) is 11.9. The van der Waals surface area contributed by atoms with Crippen molar-refractivity contribution in [2.24, 2.45) is 7.05 Å². The van der Waals surface area contributed by atoms with Crippen molar-refractivity contribution in [3.63, 3.8) is 0 Å². The maximum atomic E-state index is 12.4. The van der Waals surface area contributed by atoms with E-state index in [1.54, 1.807) is 23.9 Å². The van der Waals surface area contributed by atoms with Crippen molar-refractivity contribution >= 4 is 5.91 Å². The maximum absolute atomic E-state index is 12.4. The number of oxazole rings is 1. The first-order chi connectivity index (χ1) is 13.0. The van der Waals surface area contributed by atoms with Crippen LogP contribution in [0.3, 0.4) is 0 Å². The average Bonchev–Trinajstić information content (AvgIpc) is 3.26. The molecule has 0 aliphatic rings. The van der Waals surface area contributed by atoms with Crippen molar-refractivity contribution in [2.75, 3.05) is 7.11 Å². The Bertz CT molecular complexity index is 931. The molecule has 0 aliphatic heterocycles. The summed E-state index contributed by atoms with van der Waals surface area (Å²) in [6.45, 7) is 3.91. The summed E-state index contributed by atoms with van der Waals surface area (Å²) >= 11 is 0. The number of hydrogen-bond donors (Lipinski definition) is 1. The number of benzene rings is 1. The van der Waals surface area contributed by atoms with Gasteiger partial charge in [0.05, 0.1) is 18.8 Å². The van der Waals surface area contributed by atoms with Gasteiger partial charge in [-0.05, 0) is 26.0 Å². The van der Waals surface area contributed by atoms with Gasteiger partial charge in [-0.25, -0.2) is 4.98 Å². The van der Waals surface area contributed by atoms with Gasteiger partial charge in [0, 0.05) is 24.9 Å². The summed E-state index contributed by atoms with van der Waals surface area (Å²) in [5.74, 6) is 1.31. The fraction of sp³-hybridized carbons (Fsp3) is 0.316. The van der Waals surface area contributed by atoms with E-state index in [-0.39, 0.29) is 24.2 Å². The van der Waals surface area contributed by atoms with Crippen molar-refractivity contribution in [3.05, 3.63) is 59.6 Å². The zero-order valence-corrected chi connectivity index (χ0v) is 15.7. The molecule has 8 heteroatoms. The van der Waals surface area contributed by atoms with Gasteiger partial charge < -0.3 is 19.2 Å².